The molecule has 0 radical (unpaired) electrons. The monoisotopic (exact) mass is 388 g/mol. The van der Waals surface area contributed by atoms with Gasteiger partial charge in [-0.2, -0.15) is 0 Å². The van der Waals surface area contributed by atoms with Crippen LogP contribution in [0.3, 0.4) is 0 Å². The molecular formula is C24H24N2O3. The van der Waals surface area contributed by atoms with E-state index in [0.717, 1.165) is 24.0 Å². The first-order valence-electron chi connectivity index (χ1n) is 9.96. The van der Waals surface area contributed by atoms with Gasteiger partial charge < -0.3 is 14.6 Å². The SMILES string of the molecule is O=C(NCC1CCN(C(=O)c2ccoc2)CC1)c1ccc(-c2ccccc2)cc1. The van der Waals surface area contributed by atoms with Crippen LogP contribution in [0.25, 0.3) is 11.1 Å². The molecule has 3 aromatic rings. The van der Waals surface area contributed by atoms with Gasteiger partial charge in [0.25, 0.3) is 11.8 Å². The van der Waals surface area contributed by atoms with Crippen molar-refractivity contribution in [3.8, 4) is 11.1 Å². The van der Waals surface area contributed by atoms with Crippen molar-refractivity contribution in [1.82, 2.24) is 10.2 Å². The molecule has 0 bridgehead atoms. The summed E-state index contributed by atoms with van der Waals surface area (Å²) >= 11 is 0. The van der Waals surface area contributed by atoms with E-state index < -0.39 is 0 Å². The largest absolute Gasteiger partial charge is 0.472 e. The molecule has 29 heavy (non-hydrogen) atoms. The Bertz CT molecular complexity index is 942. The fourth-order valence-electron chi connectivity index (χ4n) is 3.69. The van der Waals surface area contributed by atoms with Crippen molar-refractivity contribution in [2.24, 2.45) is 5.92 Å². The highest BCUT2D eigenvalue weighted by Crippen LogP contribution is 2.20. The van der Waals surface area contributed by atoms with Gasteiger partial charge in [-0.1, -0.05) is 42.5 Å². The lowest BCUT2D eigenvalue weighted by molar-refractivity contribution is 0.0683. The summed E-state index contributed by atoms with van der Waals surface area (Å²) in [4.78, 5) is 26.7. The number of piperidine rings is 1. The molecule has 1 aromatic heterocycles. The molecule has 1 aliphatic heterocycles. The zero-order valence-electron chi connectivity index (χ0n) is 16.2. The minimum absolute atomic E-state index is 0.0136. The zero-order valence-corrected chi connectivity index (χ0v) is 16.2. The van der Waals surface area contributed by atoms with Crippen LogP contribution in [-0.4, -0.2) is 36.3 Å². The summed E-state index contributed by atoms with van der Waals surface area (Å²) in [5, 5.41) is 3.04. The van der Waals surface area contributed by atoms with E-state index in [-0.39, 0.29) is 11.8 Å². The Morgan fingerprint density at radius 2 is 1.59 bits per heavy atom. The van der Waals surface area contributed by atoms with E-state index in [1.165, 1.54) is 12.5 Å². The third-order valence-electron chi connectivity index (χ3n) is 5.48. The number of nitrogens with one attached hydrogen (secondary N) is 1. The third kappa shape index (κ3) is 4.57. The van der Waals surface area contributed by atoms with Crippen LogP contribution in [0.4, 0.5) is 0 Å². The lowest BCUT2D eigenvalue weighted by atomic mass is 9.96. The third-order valence-corrected chi connectivity index (χ3v) is 5.48. The second-order valence-electron chi connectivity index (χ2n) is 7.40. The van der Waals surface area contributed by atoms with E-state index in [1.54, 1.807) is 6.07 Å². The zero-order chi connectivity index (χ0) is 20.1. The quantitative estimate of drug-likeness (QED) is 0.711. The van der Waals surface area contributed by atoms with Crippen molar-refractivity contribution in [2.75, 3.05) is 19.6 Å². The lowest BCUT2D eigenvalue weighted by Gasteiger charge is -2.31. The number of carbonyl (C=O) groups is 2. The number of likely N-dealkylation sites (tertiary alicyclic amines) is 1. The Morgan fingerprint density at radius 1 is 0.897 bits per heavy atom. The van der Waals surface area contributed by atoms with Gasteiger partial charge in [-0.3, -0.25) is 9.59 Å². The first-order valence-corrected chi connectivity index (χ1v) is 9.96. The van der Waals surface area contributed by atoms with Gasteiger partial charge in [0.2, 0.25) is 0 Å². The molecule has 4 rings (SSSR count). The van der Waals surface area contributed by atoms with Crippen molar-refractivity contribution >= 4 is 11.8 Å². The Labute approximate surface area is 170 Å². The maximum absolute atomic E-state index is 12.5. The lowest BCUT2D eigenvalue weighted by Crippen LogP contribution is -2.41. The summed E-state index contributed by atoms with van der Waals surface area (Å²) in [6.45, 7) is 2.04. The van der Waals surface area contributed by atoms with E-state index >= 15 is 0 Å². The molecule has 5 heteroatoms. The Balaban J connectivity index is 1.25. The van der Waals surface area contributed by atoms with Crippen molar-refractivity contribution in [3.05, 3.63) is 84.3 Å². The Morgan fingerprint density at radius 3 is 2.24 bits per heavy atom. The van der Waals surface area contributed by atoms with Crippen LogP contribution in [0.2, 0.25) is 0 Å². The second-order valence-corrected chi connectivity index (χ2v) is 7.40. The van der Waals surface area contributed by atoms with E-state index in [4.69, 9.17) is 4.42 Å². The van der Waals surface area contributed by atoms with Crippen LogP contribution in [0.15, 0.2) is 77.6 Å². The van der Waals surface area contributed by atoms with E-state index in [1.807, 2.05) is 47.4 Å². The average molecular weight is 388 g/mol. The van der Waals surface area contributed by atoms with Crippen LogP contribution in [0.5, 0.6) is 0 Å². The topological polar surface area (TPSA) is 62.6 Å². The number of amides is 2. The van der Waals surface area contributed by atoms with Crippen molar-refractivity contribution < 1.29 is 14.0 Å². The minimum Gasteiger partial charge on any atom is -0.472 e. The summed E-state index contributed by atoms with van der Waals surface area (Å²) in [7, 11) is 0. The van der Waals surface area contributed by atoms with Gasteiger partial charge in [-0.05, 0) is 48.1 Å². The summed E-state index contributed by atoms with van der Waals surface area (Å²) in [5.41, 5.74) is 3.49. The number of benzene rings is 2. The molecule has 0 saturated carbocycles. The van der Waals surface area contributed by atoms with Gasteiger partial charge in [0.1, 0.15) is 6.26 Å². The van der Waals surface area contributed by atoms with Crippen LogP contribution in [0, 0.1) is 5.92 Å². The Hall–Kier alpha value is -3.34. The van der Waals surface area contributed by atoms with Gasteiger partial charge in [0.05, 0.1) is 11.8 Å². The fourth-order valence-corrected chi connectivity index (χ4v) is 3.69. The number of hydrogen-bond donors (Lipinski definition) is 1. The fraction of sp³-hybridized carbons (Fsp3) is 0.250. The summed E-state index contributed by atoms with van der Waals surface area (Å²) in [6, 6.07) is 19.5. The maximum atomic E-state index is 12.5. The molecule has 2 heterocycles. The number of furan rings is 1. The highest BCUT2D eigenvalue weighted by Gasteiger charge is 2.24. The molecule has 1 N–H and O–H groups in total. The number of nitrogens with zero attached hydrogens (tertiary/aromatic N) is 1. The molecule has 148 valence electrons. The molecule has 1 fully saturated rings. The molecule has 2 aromatic carbocycles. The second kappa shape index (κ2) is 8.78. The van der Waals surface area contributed by atoms with Crippen molar-refractivity contribution in [2.45, 2.75) is 12.8 Å². The van der Waals surface area contributed by atoms with Gasteiger partial charge >= 0.3 is 0 Å². The molecule has 0 unspecified atom stereocenters. The summed E-state index contributed by atoms with van der Waals surface area (Å²) < 4.78 is 4.99. The summed E-state index contributed by atoms with van der Waals surface area (Å²) in [6.07, 6.45) is 4.77. The number of hydrogen-bond acceptors (Lipinski definition) is 3. The van der Waals surface area contributed by atoms with Gasteiger partial charge in [0.15, 0.2) is 0 Å². The van der Waals surface area contributed by atoms with E-state index in [2.05, 4.69) is 17.4 Å². The average Bonchev–Trinajstić information content (AvgIpc) is 3.33. The predicted molar refractivity (Wildman–Crippen MR) is 112 cm³/mol. The Kier molecular flexibility index (Phi) is 5.75. The van der Waals surface area contributed by atoms with Crippen molar-refractivity contribution in [1.29, 1.82) is 0 Å². The highest BCUT2D eigenvalue weighted by atomic mass is 16.3. The standard InChI is InChI=1S/C24H24N2O3/c27-23(21-8-6-20(7-9-21)19-4-2-1-3-5-19)25-16-18-10-13-26(14-11-18)24(28)22-12-15-29-17-22/h1-9,12,15,17-18H,10-11,13-14,16H2,(H,25,27). The number of carbonyl (C=O) groups excluding carboxylic acids is 2. The molecule has 0 spiro atoms. The summed E-state index contributed by atoms with van der Waals surface area (Å²) in [5.74, 6) is 0.345. The van der Waals surface area contributed by atoms with Gasteiger partial charge in [-0.15, -0.1) is 0 Å². The molecular weight excluding hydrogens is 364 g/mol. The predicted octanol–water partition coefficient (Wildman–Crippen LogP) is 4.23. The smallest absolute Gasteiger partial charge is 0.257 e. The van der Waals surface area contributed by atoms with Crippen molar-refractivity contribution in [3.63, 3.8) is 0 Å². The molecule has 0 aliphatic carbocycles. The molecule has 1 saturated heterocycles. The van der Waals surface area contributed by atoms with Crippen LogP contribution in [0.1, 0.15) is 33.6 Å². The van der Waals surface area contributed by atoms with Gasteiger partial charge in [-0.25, -0.2) is 0 Å². The first kappa shape index (κ1) is 19.0. The van der Waals surface area contributed by atoms with Crippen LogP contribution >= 0.6 is 0 Å². The molecule has 0 atom stereocenters. The minimum atomic E-state index is -0.0542. The maximum Gasteiger partial charge on any atom is 0.257 e. The van der Waals surface area contributed by atoms with E-state index in [0.29, 0.717) is 36.7 Å². The van der Waals surface area contributed by atoms with Gasteiger partial charge in [0, 0.05) is 25.2 Å². The molecule has 5 nitrogen and oxygen atoms in total. The van der Waals surface area contributed by atoms with Crippen LogP contribution < -0.4 is 5.32 Å². The molecule has 2 amide bonds. The molecule has 1 aliphatic rings. The normalized spacial score (nSPS) is 14.6. The number of rotatable bonds is 5. The highest BCUT2D eigenvalue weighted by molar-refractivity contribution is 5.95. The van der Waals surface area contributed by atoms with Crippen LogP contribution in [-0.2, 0) is 0 Å². The first-order chi connectivity index (χ1) is 14.2. The van der Waals surface area contributed by atoms with E-state index in [9.17, 15) is 9.59 Å².